The maximum atomic E-state index is 9.10. The molecule has 0 spiro atoms. The third-order valence-corrected chi connectivity index (χ3v) is 5.34. The minimum absolute atomic E-state index is 0.263. The summed E-state index contributed by atoms with van der Waals surface area (Å²) in [5.41, 5.74) is 2.52. The molecule has 0 aromatic heterocycles. The first-order valence-corrected chi connectivity index (χ1v) is 10.4. The Morgan fingerprint density at radius 1 is 0.848 bits per heavy atom. The van der Waals surface area contributed by atoms with E-state index in [0.717, 1.165) is 56.5 Å². The van der Waals surface area contributed by atoms with Crippen LogP contribution in [0, 0.1) is 0 Å². The van der Waals surface area contributed by atoms with Gasteiger partial charge >= 0.3 is 11.9 Å². The van der Waals surface area contributed by atoms with E-state index >= 15 is 0 Å². The fourth-order valence-corrected chi connectivity index (χ4v) is 3.63. The van der Waals surface area contributed by atoms with Crippen molar-refractivity contribution >= 4 is 11.9 Å². The molecular weight excluding hydrogens is 432 g/mol. The molecule has 2 N–H and O–H groups in total. The van der Waals surface area contributed by atoms with Gasteiger partial charge in [-0.2, -0.15) is 0 Å². The quantitative estimate of drug-likeness (QED) is 0.619. The standard InChI is InChI=1S/C21H26N2O4.C2H2O4/c1-24-18-5-3-16(4-6-18)13-22-7-9-23(10-8-22)14-17-11-19(25-2)21-20(12-17)26-15-27-21;3-1(4)2(5)6/h3-6,11-12H,7-10,13-15H2,1-2H3;(H,3,4)(H,5,6). The van der Waals surface area contributed by atoms with Crippen LogP contribution in [0.1, 0.15) is 11.1 Å². The van der Waals surface area contributed by atoms with Crippen molar-refractivity contribution in [2.24, 2.45) is 0 Å². The van der Waals surface area contributed by atoms with E-state index in [9.17, 15) is 0 Å². The zero-order valence-corrected chi connectivity index (χ0v) is 18.7. The summed E-state index contributed by atoms with van der Waals surface area (Å²) in [5.74, 6) is -0.501. The zero-order valence-electron chi connectivity index (χ0n) is 18.7. The van der Waals surface area contributed by atoms with Gasteiger partial charge in [0.2, 0.25) is 12.5 Å². The van der Waals surface area contributed by atoms with Gasteiger partial charge < -0.3 is 29.2 Å². The topological polar surface area (TPSA) is 118 Å². The molecule has 4 rings (SSSR count). The SMILES string of the molecule is COc1ccc(CN2CCN(Cc3cc(OC)c4c(c3)OCO4)CC2)cc1.O=C(O)C(=O)O. The highest BCUT2D eigenvalue weighted by atomic mass is 16.7. The van der Waals surface area contributed by atoms with Crippen LogP contribution in [0.15, 0.2) is 36.4 Å². The van der Waals surface area contributed by atoms with E-state index in [1.807, 2.05) is 12.1 Å². The van der Waals surface area contributed by atoms with Gasteiger partial charge in [0.05, 0.1) is 14.2 Å². The Kier molecular flexibility index (Phi) is 8.34. The molecule has 33 heavy (non-hydrogen) atoms. The van der Waals surface area contributed by atoms with E-state index in [0.29, 0.717) is 5.75 Å². The molecule has 1 saturated heterocycles. The van der Waals surface area contributed by atoms with E-state index in [4.69, 9.17) is 38.7 Å². The lowest BCUT2D eigenvalue weighted by Crippen LogP contribution is -2.45. The number of fused-ring (bicyclic) bond motifs is 1. The largest absolute Gasteiger partial charge is 0.497 e. The number of carboxylic acid groups (broad SMARTS) is 2. The number of carbonyl (C=O) groups is 2. The fraction of sp³-hybridized carbons (Fsp3) is 0.391. The summed E-state index contributed by atoms with van der Waals surface area (Å²) in [6, 6.07) is 12.5. The predicted octanol–water partition coefficient (Wildman–Crippen LogP) is 1.91. The number of hydrogen-bond donors (Lipinski definition) is 2. The summed E-state index contributed by atoms with van der Waals surface area (Å²) in [7, 11) is 3.36. The summed E-state index contributed by atoms with van der Waals surface area (Å²) in [4.78, 5) is 23.2. The summed E-state index contributed by atoms with van der Waals surface area (Å²) >= 11 is 0. The van der Waals surface area contributed by atoms with Crippen molar-refractivity contribution in [2.75, 3.05) is 47.2 Å². The van der Waals surface area contributed by atoms with Crippen LogP contribution in [0.4, 0.5) is 0 Å². The van der Waals surface area contributed by atoms with Crippen LogP contribution >= 0.6 is 0 Å². The first-order valence-electron chi connectivity index (χ1n) is 10.4. The number of aliphatic carboxylic acids is 2. The Bertz CT molecular complexity index is 944. The second-order valence-electron chi connectivity index (χ2n) is 7.54. The van der Waals surface area contributed by atoms with Crippen LogP contribution in [0.3, 0.4) is 0 Å². The smallest absolute Gasteiger partial charge is 0.414 e. The fourth-order valence-electron chi connectivity index (χ4n) is 3.63. The number of piperazine rings is 1. The summed E-state index contributed by atoms with van der Waals surface area (Å²) in [6.07, 6.45) is 0. The molecule has 2 aliphatic heterocycles. The number of methoxy groups -OCH3 is 2. The minimum atomic E-state index is -1.82. The zero-order chi connectivity index (χ0) is 23.8. The molecule has 2 aliphatic rings. The molecular formula is C23H28N2O8. The van der Waals surface area contributed by atoms with Crippen LogP contribution in [0.5, 0.6) is 23.0 Å². The number of benzene rings is 2. The molecule has 0 saturated carbocycles. The van der Waals surface area contributed by atoms with Crippen molar-refractivity contribution in [1.29, 1.82) is 0 Å². The van der Waals surface area contributed by atoms with Gasteiger partial charge in [0.15, 0.2) is 11.5 Å². The highest BCUT2D eigenvalue weighted by Crippen LogP contribution is 2.42. The Morgan fingerprint density at radius 2 is 1.42 bits per heavy atom. The van der Waals surface area contributed by atoms with Crippen molar-refractivity contribution in [1.82, 2.24) is 9.80 Å². The molecule has 2 aromatic carbocycles. The number of nitrogens with zero attached hydrogens (tertiary/aromatic N) is 2. The average Bonchev–Trinajstić information content (AvgIpc) is 3.29. The molecule has 10 heteroatoms. The van der Waals surface area contributed by atoms with Gasteiger partial charge in [-0.05, 0) is 35.4 Å². The van der Waals surface area contributed by atoms with Crippen LogP contribution in [0.2, 0.25) is 0 Å². The molecule has 178 valence electrons. The van der Waals surface area contributed by atoms with E-state index in [2.05, 4.69) is 34.1 Å². The van der Waals surface area contributed by atoms with Crippen LogP contribution in [0.25, 0.3) is 0 Å². The van der Waals surface area contributed by atoms with E-state index < -0.39 is 11.9 Å². The molecule has 2 heterocycles. The van der Waals surface area contributed by atoms with Crippen LogP contribution in [-0.2, 0) is 22.7 Å². The Balaban J connectivity index is 0.000000454. The van der Waals surface area contributed by atoms with Gasteiger partial charge in [-0.15, -0.1) is 0 Å². The number of rotatable bonds is 6. The van der Waals surface area contributed by atoms with Crippen molar-refractivity contribution in [3.63, 3.8) is 0 Å². The maximum absolute atomic E-state index is 9.10. The second kappa shape index (κ2) is 11.4. The van der Waals surface area contributed by atoms with Gasteiger partial charge in [0.25, 0.3) is 0 Å². The third kappa shape index (κ3) is 6.74. The number of hydrogen-bond acceptors (Lipinski definition) is 8. The van der Waals surface area contributed by atoms with Gasteiger partial charge in [-0.1, -0.05) is 12.1 Å². The Morgan fingerprint density at radius 3 is 1.94 bits per heavy atom. The van der Waals surface area contributed by atoms with Crippen molar-refractivity contribution in [3.05, 3.63) is 47.5 Å². The first kappa shape index (κ1) is 24.1. The van der Waals surface area contributed by atoms with E-state index in [1.165, 1.54) is 11.1 Å². The summed E-state index contributed by atoms with van der Waals surface area (Å²) < 4.78 is 21.7. The van der Waals surface area contributed by atoms with Crippen molar-refractivity contribution in [3.8, 4) is 23.0 Å². The van der Waals surface area contributed by atoms with Gasteiger partial charge in [0, 0.05) is 39.3 Å². The Labute approximate surface area is 191 Å². The Hall–Kier alpha value is -3.50. The van der Waals surface area contributed by atoms with Crippen molar-refractivity contribution in [2.45, 2.75) is 13.1 Å². The van der Waals surface area contributed by atoms with Gasteiger partial charge in [-0.25, -0.2) is 9.59 Å². The summed E-state index contributed by atoms with van der Waals surface area (Å²) in [5, 5.41) is 14.8. The number of ether oxygens (including phenoxy) is 4. The lowest BCUT2D eigenvalue weighted by Gasteiger charge is -2.34. The predicted molar refractivity (Wildman–Crippen MR) is 118 cm³/mol. The molecule has 0 amide bonds. The van der Waals surface area contributed by atoms with Gasteiger partial charge in [0.1, 0.15) is 5.75 Å². The molecule has 1 fully saturated rings. The van der Waals surface area contributed by atoms with E-state index in [1.54, 1.807) is 14.2 Å². The monoisotopic (exact) mass is 460 g/mol. The lowest BCUT2D eigenvalue weighted by atomic mass is 10.1. The van der Waals surface area contributed by atoms with Crippen molar-refractivity contribution < 1.29 is 38.7 Å². The molecule has 0 bridgehead atoms. The average molecular weight is 460 g/mol. The molecule has 0 radical (unpaired) electrons. The molecule has 0 aliphatic carbocycles. The first-order chi connectivity index (χ1) is 15.9. The maximum Gasteiger partial charge on any atom is 0.414 e. The second-order valence-corrected chi connectivity index (χ2v) is 7.54. The minimum Gasteiger partial charge on any atom is -0.497 e. The normalized spacial score (nSPS) is 15.3. The highest BCUT2D eigenvalue weighted by Gasteiger charge is 2.22. The number of carboxylic acids is 2. The van der Waals surface area contributed by atoms with Crippen LogP contribution in [-0.4, -0.2) is 79.1 Å². The molecule has 0 atom stereocenters. The summed E-state index contributed by atoms with van der Waals surface area (Å²) in [6.45, 7) is 6.36. The highest BCUT2D eigenvalue weighted by molar-refractivity contribution is 6.27. The molecule has 10 nitrogen and oxygen atoms in total. The van der Waals surface area contributed by atoms with Crippen LogP contribution < -0.4 is 18.9 Å². The van der Waals surface area contributed by atoms with E-state index in [-0.39, 0.29) is 6.79 Å². The molecule has 2 aromatic rings. The van der Waals surface area contributed by atoms with Gasteiger partial charge in [-0.3, -0.25) is 9.80 Å². The molecule has 0 unspecified atom stereocenters. The third-order valence-electron chi connectivity index (χ3n) is 5.34. The lowest BCUT2D eigenvalue weighted by molar-refractivity contribution is -0.159.